The number of benzene rings is 2. The van der Waals surface area contributed by atoms with Crippen molar-refractivity contribution in [3.05, 3.63) is 78.6 Å². The molecule has 8 nitrogen and oxygen atoms in total. The number of aromatic nitrogens is 4. The van der Waals surface area contributed by atoms with Gasteiger partial charge in [-0.1, -0.05) is 30.3 Å². The van der Waals surface area contributed by atoms with E-state index < -0.39 is 0 Å². The van der Waals surface area contributed by atoms with Crippen molar-refractivity contribution < 1.29 is 4.79 Å². The van der Waals surface area contributed by atoms with Gasteiger partial charge in [-0.2, -0.15) is 4.52 Å². The number of anilines is 3. The maximum absolute atomic E-state index is 12.8. The number of amides is 1. The average molecular weight is 442 g/mol. The van der Waals surface area contributed by atoms with E-state index in [9.17, 15) is 4.79 Å². The van der Waals surface area contributed by atoms with E-state index in [1.165, 1.54) is 5.56 Å². The smallest absolute Gasteiger partial charge is 0.227 e. The van der Waals surface area contributed by atoms with Crippen molar-refractivity contribution in [3.8, 4) is 0 Å². The Balaban J connectivity index is 1.13. The van der Waals surface area contributed by atoms with E-state index in [2.05, 4.69) is 49.9 Å². The summed E-state index contributed by atoms with van der Waals surface area (Å²) in [7, 11) is 0. The van der Waals surface area contributed by atoms with Gasteiger partial charge in [0.25, 0.3) is 0 Å². The largest absolute Gasteiger partial charge is 0.379 e. The van der Waals surface area contributed by atoms with Gasteiger partial charge < -0.3 is 15.5 Å². The number of hydrogen-bond acceptors (Lipinski definition) is 6. The Hall–Kier alpha value is -3.94. The Morgan fingerprint density at radius 1 is 0.970 bits per heavy atom. The quantitative estimate of drug-likeness (QED) is 0.467. The molecular weight excluding hydrogens is 414 g/mol. The first kappa shape index (κ1) is 20.9. The summed E-state index contributed by atoms with van der Waals surface area (Å²) >= 11 is 0. The minimum Gasteiger partial charge on any atom is -0.379 e. The normalized spacial score (nSPS) is 15.4. The number of carbonyl (C=O) groups is 1. The molecule has 0 spiro atoms. The van der Waals surface area contributed by atoms with Crippen LogP contribution in [-0.4, -0.2) is 38.8 Å². The highest BCUT2D eigenvalue weighted by molar-refractivity contribution is 5.92. The van der Waals surface area contributed by atoms with Gasteiger partial charge in [-0.15, -0.1) is 15.3 Å². The molecule has 1 saturated heterocycles. The SMILES string of the molecule is CC(Nc1ccc(NC(=O)C2CCN(c3ccc4nncn4n3)CC2)cc1)c1ccccc1. The van der Waals surface area contributed by atoms with Gasteiger partial charge in [-0.25, -0.2) is 0 Å². The molecule has 3 heterocycles. The molecule has 0 saturated carbocycles. The lowest BCUT2D eigenvalue weighted by Crippen LogP contribution is -2.38. The van der Waals surface area contributed by atoms with E-state index in [1.54, 1.807) is 10.8 Å². The summed E-state index contributed by atoms with van der Waals surface area (Å²) < 4.78 is 1.67. The summed E-state index contributed by atoms with van der Waals surface area (Å²) in [5, 5.41) is 19.0. The highest BCUT2D eigenvalue weighted by Crippen LogP contribution is 2.24. The summed E-state index contributed by atoms with van der Waals surface area (Å²) in [5.41, 5.74) is 3.80. The predicted octanol–water partition coefficient (Wildman–Crippen LogP) is 4.15. The first-order valence-electron chi connectivity index (χ1n) is 11.3. The van der Waals surface area contributed by atoms with Crippen molar-refractivity contribution in [1.82, 2.24) is 19.8 Å². The molecule has 2 N–H and O–H groups in total. The Labute approximate surface area is 192 Å². The van der Waals surface area contributed by atoms with Gasteiger partial charge in [0.05, 0.1) is 0 Å². The maximum atomic E-state index is 12.8. The molecule has 8 heteroatoms. The number of nitrogens with zero attached hydrogens (tertiary/aromatic N) is 5. The first-order chi connectivity index (χ1) is 16.2. The van der Waals surface area contributed by atoms with Crippen LogP contribution in [0.2, 0.25) is 0 Å². The zero-order chi connectivity index (χ0) is 22.6. The molecule has 2 aromatic heterocycles. The minimum absolute atomic E-state index is 0.00389. The number of carbonyl (C=O) groups excluding carboxylic acids is 1. The van der Waals surface area contributed by atoms with Crippen LogP contribution in [-0.2, 0) is 4.79 Å². The van der Waals surface area contributed by atoms with E-state index in [1.807, 2.05) is 54.6 Å². The molecule has 1 unspecified atom stereocenters. The molecule has 1 atom stereocenters. The molecule has 4 aromatic rings. The standard InChI is InChI=1S/C25H27N7O/c1-18(19-5-3-2-4-6-19)27-21-7-9-22(10-8-21)28-25(33)20-13-15-31(16-14-20)24-12-11-23-29-26-17-32(23)30-24/h2-12,17-18,20,27H,13-16H2,1H3,(H,28,33). The van der Waals surface area contributed by atoms with E-state index in [-0.39, 0.29) is 17.9 Å². The Bertz CT molecular complexity index is 1210. The summed E-state index contributed by atoms with van der Waals surface area (Å²) in [6.45, 7) is 3.72. The van der Waals surface area contributed by atoms with Crippen LogP contribution in [0.1, 0.15) is 31.4 Å². The summed E-state index contributed by atoms with van der Waals surface area (Å²) in [5.74, 6) is 0.958. The zero-order valence-corrected chi connectivity index (χ0v) is 18.6. The molecule has 1 aliphatic heterocycles. The van der Waals surface area contributed by atoms with Crippen molar-refractivity contribution in [3.63, 3.8) is 0 Å². The molecule has 5 rings (SSSR count). The minimum atomic E-state index is -0.00389. The predicted molar refractivity (Wildman–Crippen MR) is 129 cm³/mol. The molecule has 0 aliphatic carbocycles. The molecule has 1 fully saturated rings. The van der Waals surface area contributed by atoms with Crippen LogP contribution < -0.4 is 15.5 Å². The molecule has 1 amide bonds. The van der Waals surface area contributed by atoms with Crippen molar-refractivity contribution in [2.24, 2.45) is 5.92 Å². The number of hydrogen-bond donors (Lipinski definition) is 2. The summed E-state index contributed by atoms with van der Waals surface area (Å²) in [6, 6.07) is 22.3. The van der Waals surface area contributed by atoms with Crippen LogP contribution in [0.3, 0.4) is 0 Å². The van der Waals surface area contributed by atoms with Gasteiger partial charge in [0.1, 0.15) is 12.1 Å². The molecule has 2 aromatic carbocycles. The third-order valence-corrected chi connectivity index (χ3v) is 6.17. The molecule has 33 heavy (non-hydrogen) atoms. The van der Waals surface area contributed by atoms with Crippen LogP contribution in [0.5, 0.6) is 0 Å². The van der Waals surface area contributed by atoms with E-state index in [0.29, 0.717) is 0 Å². The molecule has 168 valence electrons. The molecule has 0 radical (unpaired) electrons. The number of rotatable bonds is 6. The van der Waals surface area contributed by atoms with Crippen LogP contribution in [0, 0.1) is 5.92 Å². The van der Waals surface area contributed by atoms with Gasteiger partial charge in [0, 0.05) is 36.4 Å². The number of fused-ring (bicyclic) bond motifs is 1. The molecule has 0 bridgehead atoms. The lowest BCUT2D eigenvalue weighted by Gasteiger charge is -2.32. The van der Waals surface area contributed by atoms with Gasteiger partial charge in [0.2, 0.25) is 5.91 Å². The van der Waals surface area contributed by atoms with Crippen LogP contribution >= 0.6 is 0 Å². The topological polar surface area (TPSA) is 87.5 Å². The Morgan fingerprint density at radius 2 is 1.70 bits per heavy atom. The van der Waals surface area contributed by atoms with Gasteiger partial charge >= 0.3 is 0 Å². The summed E-state index contributed by atoms with van der Waals surface area (Å²) in [6.07, 6.45) is 3.19. The van der Waals surface area contributed by atoms with Crippen molar-refractivity contribution in [1.29, 1.82) is 0 Å². The van der Waals surface area contributed by atoms with E-state index in [0.717, 1.165) is 48.8 Å². The average Bonchev–Trinajstić information content (AvgIpc) is 3.34. The second-order valence-electron chi connectivity index (χ2n) is 8.43. The molecule has 1 aliphatic rings. The third-order valence-electron chi connectivity index (χ3n) is 6.17. The van der Waals surface area contributed by atoms with Crippen LogP contribution in [0.4, 0.5) is 17.2 Å². The lowest BCUT2D eigenvalue weighted by atomic mass is 9.96. The lowest BCUT2D eigenvalue weighted by molar-refractivity contribution is -0.120. The van der Waals surface area contributed by atoms with Gasteiger partial charge in [-0.05, 0) is 61.7 Å². The second kappa shape index (κ2) is 9.28. The zero-order valence-electron chi connectivity index (χ0n) is 18.6. The summed E-state index contributed by atoms with van der Waals surface area (Å²) in [4.78, 5) is 15.0. The number of piperidine rings is 1. The highest BCUT2D eigenvalue weighted by Gasteiger charge is 2.26. The monoisotopic (exact) mass is 441 g/mol. The fourth-order valence-electron chi connectivity index (χ4n) is 4.23. The van der Waals surface area contributed by atoms with E-state index in [4.69, 9.17) is 0 Å². The molecular formula is C25H27N7O. The fraction of sp³-hybridized carbons (Fsp3) is 0.280. The highest BCUT2D eigenvalue weighted by atomic mass is 16.1. The Morgan fingerprint density at radius 3 is 2.45 bits per heavy atom. The van der Waals surface area contributed by atoms with Crippen LogP contribution in [0.15, 0.2) is 73.1 Å². The maximum Gasteiger partial charge on any atom is 0.227 e. The van der Waals surface area contributed by atoms with E-state index >= 15 is 0 Å². The van der Waals surface area contributed by atoms with Crippen molar-refractivity contribution in [2.45, 2.75) is 25.8 Å². The van der Waals surface area contributed by atoms with Crippen LogP contribution in [0.25, 0.3) is 5.65 Å². The van der Waals surface area contributed by atoms with Crippen molar-refractivity contribution >= 4 is 28.7 Å². The third kappa shape index (κ3) is 4.79. The Kier molecular flexibility index (Phi) is 5.89. The van der Waals surface area contributed by atoms with Gasteiger partial charge in [0.15, 0.2) is 5.65 Å². The number of nitrogens with one attached hydrogen (secondary N) is 2. The van der Waals surface area contributed by atoms with Crippen molar-refractivity contribution in [2.75, 3.05) is 28.6 Å². The first-order valence-corrected chi connectivity index (χ1v) is 11.3. The second-order valence-corrected chi connectivity index (χ2v) is 8.43. The fourth-order valence-corrected chi connectivity index (χ4v) is 4.23. The van der Waals surface area contributed by atoms with Gasteiger partial charge in [-0.3, -0.25) is 4.79 Å².